The fourth-order valence-corrected chi connectivity index (χ4v) is 5.71. The molecule has 1 aromatic heterocycles. The third-order valence-corrected chi connectivity index (χ3v) is 7.60. The first-order valence-electron chi connectivity index (χ1n) is 8.95. The van der Waals surface area contributed by atoms with Crippen LogP contribution >= 0.6 is 11.3 Å². The fraction of sp³-hybridized carbons (Fsp3) is 0.263. The molecule has 0 bridgehead atoms. The molecule has 6 nitrogen and oxygen atoms in total. The summed E-state index contributed by atoms with van der Waals surface area (Å²) in [5, 5.41) is 3.06. The number of thiazole rings is 1. The van der Waals surface area contributed by atoms with Crippen LogP contribution in [0, 0.1) is 17.6 Å². The Morgan fingerprint density at radius 1 is 1.14 bits per heavy atom. The number of benzene rings is 2. The van der Waals surface area contributed by atoms with E-state index >= 15 is 0 Å². The van der Waals surface area contributed by atoms with E-state index in [1.54, 1.807) is 0 Å². The maximum atomic E-state index is 13.3. The van der Waals surface area contributed by atoms with E-state index in [2.05, 4.69) is 10.3 Å². The van der Waals surface area contributed by atoms with Crippen molar-refractivity contribution in [3.63, 3.8) is 0 Å². The first kappa shape index (κ1) is 19.9. The second kappa shape index (κ2) is 7.77. The number of fused-ring (bicyclic) bond motifs is 1. The molecule has 1 aliphatic heterocycles. The van der Waals surface area contributed by atoms with Crippen molar-refractivity contribution in [2.75, 3.05) is 18.4 Å². The number of piperidine rings is 1. The number of hydrogen-bond donors (Lipinski definition) is 1. The number of nitrogens with one attached hydrogen (secondary N) is 1. The van der Waals surface area contributed by atoms with E-state index in [0.717, 1.165) is 23.5 Å². The highest BCUT2D eigenvalue weighted by Gasteiger charge is 2.33. The first-order chi connectivity index (χ1) is 13.8. The Bertz CT molecular complexity index is 1160. The maximum Gasteiger partial charge on any atom is 0.243 e. The van der Waals surface area contributed by atoms with Gasteiger partial charge in [0.2, 0.25) is 15.9 Å². The number of rotatable bonds is 4. The summed E-state index contributed by atoms with van der Waals surface area (Å²) < 4.78 is 53.9. The largest absolute Gasteiger partial charge is 0.302 e. The molecule has 0 saturated carbocycles. The molecule has 10 heteroatoms. The van der Waals surface area contributed by atoms with Gasteiger partial charge in [-0.2, -0.15) is 4.31 Å². The van der Waals surface area contributed by atoms with Gasteiger partial charge in [-0.3, -0.25) is 4.79 Å². The average Bonchev–Trinajstić information content (AvgIpc) is 3.09. The number of carbonyl (C=O) groups is 1. The molecule has 1 amide bonds. The molecule has 0 spiro atoms. The predicted octanol–water partition coefficient (Wildman–Crippen LogP) is 3.61. The zero-order chi connectivity index (χ0) is 20.6. The number of aromatic nitrogens is 1. The highest BCUT2D eigenvalue weighted by atomic mass is 32.2. The molecule has 4 rings (SSSR count). The van der Waals surface area contributed by atoms with Crippen LogP contribution in [0.2, 0.25) is 0 Å². The van der Waals surface area contributed by atoms with E-state index < -0.39 is 21.8 Å². The summed E-state index contributed by atoms with van der Waals surface area (Å²) in [6.07, 6.45) is 1.07. The van der Waals surface area contributed by atoms with Crippen LogP contribution in [0.5, 0.6) is 0 Å². The molecule has 1 saturated heterocycles. The summed E-state index contributed by atoms with van der Waals surface area (Å²) in [6, 6.07) is 8.80. The molecule has 2 aromatic carbocycles. The number of amides is 1. The highest BCUT2D eigenvalue weighted by Crippen LogP contribution is 2.29. The molecule has 29 heavy (non-hydrogen) atoms. The van der Waals surface area contributed by atoms with Crippen LogP contribution in [0.4, 0.5) is 13.9 Å². The lowest BCUT2D eigenvalue weighted by Crippen LogP contribution is -2.43. The molecule has 3 aromatic rings. The van der Waals surface area contributed by atoms with Crippen molar-refractivity contribution in [3.8, 4) is 0 Å². The molecule has 1 fully saturated rings. The maximum absolute atomic E-state index is 13.3. The quantitative estimate of drug-likeness (QED) is 0.676. The van der Waals surface area contributed by atoms with Gasteiger partial charge < -0.3 is 5.32 Å². The normalized spacial score (nSPS) is 18.1. The summed E-state index contributed by atoms with van der Waals surface area (Å²) in [5.74, 6) is -1.77. The molecule has 0 aliphatic carbocycles. The Hall–Kier alpha value is -2.43. The van der Waals surface area contributed by atoms with Crippen LogP contribution in [0.1, 0.15) is 12.8 Å². The summed E-state index contributed by atoms with van der Waals surface area (Å²) in [5.41, 5.74) is 0.579. The van der Waals surface area contributed by atoms with Gasteiger partial charge in [-0.25, -0.2) is 22.2 Å². The minimum atomic E-state index is -3.81. The number of carbonyl (C=O) groups excluding carboxylic acids is 1. The zero-order valence-corrected chi connectivity index (χ0v) is 16.8. The van der Waals surface area contributed by atoms with Crippen molar-refractivity contribution >= 4 is 42.6 Å². The van der Waals surface area contributed by atoms with Gasteiger partial charge in [0.15, 0.2) is 5.13 Å². The van der Waals surface area contributed by atoms with Crippen LogP contribution in [-0.4, -0.2) is 36.7 Å². The highest BCUT2D eigenvalue weighted by molar-refractivity contribution is 7.89. The topological polar surface area (TPSA) is 79.4 Å². The number of nitrogens with zero attached hydrogens (tertiary/aromatic N) is 2. The van der Waals surface area contributed by atoms with E-state index in [0.29, 0.717) is 34.7 Å². The van der Waals surface area contributed by atoms with Crippen LogP contribution in [0.15, 0.2) is 47.4 Å². The Kier molecular flexibility index (Phi) is 5.32. The van der Waals surface area contributed by atoms with E-state index in [1.165, 1.54) is 34.6 Å². The van der Waals surface area contributed by atoms with Gasteiger partial charge in [0.1, 0.15) is 11.6 Å². The zero-order valence-electron chi connectivity index (χ0n) is 15.1. The number of sulfonamides is 1. The van der Waals surface area contributed by atoms with E-state index in [9.17, 15) is 22.0 Å². The van der Waals surface area contributed by atoms with Gasteiger partial charge in [0.05, 0.1) is 21.0 Å². The van der Waals surface area contributed by atoms with Crippen LogP contribution in [0.25, 0.3) is 10.2 Å². The van der Waals surface area contributed by atoms with E-state index in [-0.39, 0.29) is 23.2 Å². The summed E-state index contributed by atoms with van der Waals surface area (Å²) in [7, 11) is -3.81. The fourth-order valence-electron chi connectivity index (χ4n) is 3.29. The summed E-state index contributed by atoms with van der Waals surface area (Å²) in [6.45, 7) is 0.328. The minimum Gasteiger partial charge on any atom is -0.302 e. The Labute approximate surface area is 170 Å². The SMILES string of the molecule is O=C(Nc1nc2ccc(F)cc2s1)[C@@H]1CCCN(S(=O)(=O)c2ccc(F)cc2)C1. The van der Waals surface area contributed by atoms with Gasteiger partial charge in [-0.05, 0) is 55.3 Å². The van der Waals surface area contributed by atoms with Crippen molar-refractivity contribution < 1.29 is 22.0 Å². The van der Waals surface area contributed by atoms with Gasteiger partial charge in [-0.1, -0.05) is 11.3 Å². The van der Waals surface area contributed by atoms with Gasteiger partial charge in [0, 0.05) is 13.1 Å². The molecule has 0 unspecified atom stereocenters. The molecular formula is C19H17F2N3O3S2. The molecular weight excluding hydrogens is 420 g/mol. The molecule has 1 aliphatic rings. The van der Waals surface area contributed by atoms with Crippen LogP contribution < -0.4 is 5.32 Å². The van der Waals surface area contributed by atoms with Crippen LogP contribution in [0.3, 0.4) is 0 Å². The van der Waals surface area contributed by atoms with E-state index in [1.807, 2.05) is 0 Å². The Morgan fingerprint density at radius 3 is 2.62 bits per heavy atom. The predicted molar refractivity (Wildman–Crippen MR) is 106 cm³/mol. The lowest BCUT2D eigenvalue weighted by molar-refractivity contribution is -0.120. The van der Waals surface area contributed by atoms with Crippen molar-refractivity contribution in [3.05, 3.63) is 54.1 Å². The monoisotopic (exact) mass is 437 g/mol. The van der Waals surface area contributed by atoms with Crippen molar-refractivity contribution in [2.24, 2.45) is 5.92 Å². The lowest BCUT2D eigenvalue weighted by atomic mass is 9.99. The van der Waals surface area contributed by atoms with Gasteiger partial charge >= 0.3 is 0 Å². The minimum absolute atomic E-state index is 0.00634. The van der Waals surface area contributed by atoms with Gasteiger partial charge in [-0.15, -0.1) is 0 Å². The van der Waals surface area contributed by atoms with Gasteiger partial charge in [0.25, 0.3) is 0 Å². The number of anilines is 1. The number of halogens is 2. The second-order valence-corrected chi connectivity index (χ2v) is 9.75. The molecule has 152 valence electrons. The molecule has 1 atom stereocenters. The van der Waals surface area contributed by atoms with Crippen molar-refractivity contribution in [2.45, 2.75) is 17.7 Å². The third kappa shape index (κ3) is 4.14. The lowest BCUT2D eigenvalue weighted by Gasteiger charge is -2.31. The van der Waals surface area contributed by atoms with Crippen LogP contribution in [-0.2, 0) is 14.8 Å². The standard InChI is InChI=1S/C19H17F2N3O3S2/c20-13-3-6-15(7-4-13)29(26,27)24-9-1-2-12(11-24)18(25)23-19-22-16-8-5-14(21)10-17(16)28-19/h3-8,10,12H,1-2,9,11H2,(H,22,23,25)/t12-/m1/s1. The Balaban J connectivity index is 1.48. The molecule has 0 radical (unpaired) electrons. The van der Waals surface area contributed by atoms with E-state index in [4.69, 9.17) is 0 Å². The van der Waals surface area contributed by atoms with Crippen molar-refractivity contribution in [1.29, 1.82) is 0 Å². The summed E-state index contributed by atoms with van der Waals surface area (Å²) >= 11 is 1.16. The molecule has 1 N–H and O–H groups in total. The van der Waals surface area contributed by atoms with Crippen molar-refractivity contribution in [1.82, 2.24) is 9.29 Å². The Morgan fingerprint density at radius 2 is 1.86 bits per heavy atom. The smallest absolute Gasteiger partial charge is 0.243 e. The second-order valence-electron chi connectivity index (χ2n) is 6.78. The first-order valence-corrected chi connectivity index (χ1v) is 11.2. The molecule has 2 heterocycles. The third-order valence-electron chi connectivity index (χ3n) is 4.79. The number of hydrogen-bond acceptors (Lipinski definition) is 5. The average molecular weight is 437 g/mol. The summed E-state index contributed by atoms with van der Waals surface area (Å²) in [4.78, 5) is 16.9.